The summed E-state index contributed by atoms with van der Waals surface area (Å²) in [5.41, 5.74) is -0.879. The van der Waals surface area contributed by atoms with Crippen molar-refractivity contribution in [2.24, 2.45) is 4.99 Å². The average Bonchev–Trinajstić information content (AvgIpc) is 2.58. The summed E-state index contributed by atoms with van der Waals surface area (Å²) < 4.78 is 33.7. The summed E-state index contributed by atoms with van der Waals surface area (Å²) in [6, 6.07) is 0. The minimum Gasteiger partial charge on any atom is -0.461 e. The van der Waals surface area contributed by atoms with Crippen LogP contribution in [0.1, 0.15) is 70.3 Å². The van der Waals surface area contributed by atoms with Gasteiger partial charge in [0.05, 0.1) is 6.10 Å². The molecule has 0 aliphatic carbocycles. The van der Waals surface area contributed by atoms with Crippen LogP contribution < -0.4 is 5.32 Å². The molecule has 8 nitrogen and oxygen atoms in total. The van der Waals surface area contributed by atoms with Crippen molar-refractivity contribution in [3.8, 4) is 0 Å². The average molecular weight is 399 g/mol. The Bertz CT molecular complexity index is 699. The van der Waals surface area contributed by atoms with Crippen LogP contribution in [0.3, 0.4) is 0 Å². The van der Waals surface area contributed by atoms with Crippen molar-refractivity contribution in [1.29, 1.82) is 0 Å². The van der Waals surface area contributed by atoms with Gasteiger partial charge < -0.3 is 14.4 Å². The van der Waals surface area contributed by atoms with Crippen LogP contribution in [-0.2, 0) is 19.1 Å². The summed E-state index contributed by atoms with van der Waals surface area (Å²) in [4.78, 5) is 41.2. The molecule has 1 atom stereocenters. The van der Waals surface area contributed by atoms with E-state index < -0.39 is 49.2 Å². The quantitative estimate of drug-likeness (QED) is 0.497. The van der Waals surface area contributed by atoms with Gasteiger partial charge in [-0.3, -0.25) is 14.9 Å². The molecule has 1 N–H and O–H groups in total. The van der Waals surface area contributed by atoms with E-state index in [1.54, 1.807) is 27.7 Å². The molecule has 28 heavy (non-hydrogen) atoms. The molecule has 1 aliphatic heterocycles. The van der Waals surface area contributed by atoms with E-state index in [1.165, 1.54) is 0 Å². The Morgan fingerprint density at radius 1 is 1.32 bits per heavy atom. The lowest BCUT2D eigenvalue weighted by Crippen LogP contribution is -2.45. The number of allylic oxidation sites excluding steroid dienone is 2. The van der Waals surface area contributed by atoms with Crippen molar-refractivity contribution in [2.45, 2.75) is 77.9 Å². The van der Waals surface area contributed by atoms with Gasteiger partial charge in [-0.25, -0.2) is 4.79 Å². The van der Waals surface area contributed by atoms with Crippen molar-refractivity contribution in [3.05, 3.63) is 12.2 Å². The van der Waals surface area contributed by atoms with Crippen molar-refractivity contribution in [3.63, 3.8) is 0 Å². The van der Waals surface area contributed by atoms with Crippen molar-refractivity contribution >= 4 is 23.9 Å². The molecule has 1 unspecified atom stereocenters. The lowest BCUT2D eigenvalue weighted by atomic mass is 10.1. The monoisotopic (exact) mass is 398 g/mol. The molecule has 0 spiro atoms. The third kappa shape index (κ3) is 10.7. The maximum absolute atomic E-state index is 12.4. The van der Waals surface area contributed by atoms with Gasteiger partial charge in [0.25, 0.3) is 0 Å². The largest absolute Gasteiger partial charge is 0.461 e. The van der Waals surface area contributed by atoms with Gasteiger partial charge in [-0.1, -0.05) is 12.2 Å². The number of carbonyl (C=O) groups is 3. The maximum atomic E-state index is 12.4. The molecule has 158 valence electrons. The number of ether oxygens (including phenoxy) is 2. The molecular weight excluding hydrogens is 362 g/mol. The summed E-state index contributed by atoms with van der Waals surface area (Å²) in [6.45, 7) is 2.99. The molecule has 0 aromatic heterocycles. The fourth-order valence-corrected chi connectivity index (χ4v) is 2.35. The Balaban J connectivity index is 3.22. The molecule has 2 amide bonds. The molecule has 1 heterocycles. The fourth-order valence-electron chi connectivity index (χ4n) is 2.35. The Hall–Kier alpha value is -2.38. The van der Waals surface area contributed by atoms with Crippen molar-refractivity contribution < 1.29 is 28.0 Å². The van der Waals surface area contributed by atoms with Gasteiger partial charge in [0.2, 0.25) is 11.9 Å². The molecule has 1 aliphatic rings. The highest BCUT2D eigenvalue weighted by molar-refractivity contribution is 6.01. The highest BCUT2D eigenvalue weighted by atomic mass is 16.6. The first-order valence-electron chi connectivity index (χ1n) is 11.0. The Kier molecular flexibility index (Phi) is 7.76. The van der Waals surface area contributed by atoms with E-state index in [-0.39, 0.29) is 6.42 Å². The third-order valence-electron chi connectivity index (χ3n) is 3.65. The van der Waals surface area contributed by atoms with Crippen LogP contribution in [0.15, 0.2) is 17.1 Å². The first-order chi connectivity index (χ1) is 14.3. The van der Waals surface area contributed by atoms with Gasteiger partial charge in [-0.05, 0) is 59.8 Å². The molecule has 0 radical (unpaired) electrons. The molecule has 1 rings (SSSR count). The molecule has 8 heteroatoms. The lowest BCUT2D eigenvalue weighted by Gasteiger charge is -2.23. The second kappa shape index (κ2) is 11.5. The van der Waals surface area contributed by atoms with Gasteiger partial charge in [-0.15, -0.1) is 4.99 Å². The first-order valence-corrected chi connectivity index (χ1v) is 9.51. The van der Waals surface area contributed by atoms with Gasteiger partial charge in [0.1, 0.15) is 12.1 Å². The topological polar surface area (TPSA) is 97.3 Å². The Morgan fingerprint density at radius 2 is 2.04 bits per heavy atom. The standard InChI is InChI=1S/C20H33N3O5/c1-15-12-10-8-6-7-9-11-13-16(24)21-18(23(5)14-17(25)27-15)22-19(26)28-20(2,3)4/h6,8,15H,7,9-14H2,1-5H3,(H,21,22,24,26)/b8-6+/i5D3. The summed E-state index contributed by atoms with van der Waals surface area (Å²) in [6.07, 6.45) is 6.05. The smallest absolute Gasteiger partial charge is 0.437 e. The Morgan fingerprint density at radius 3 is 2.71 bits per heavy atom. The SMILES string of the molecule is [2H]C([2H])([2H])N1CC(=O)OC(C)CC/C=C/CCCCC(=O)NC1=NC(=O)OC(C)(C)C. The zero-order valence-corrected chi connectivity index (χ0v) is 17.1. The van der Waals surface area contributed by atoms with Gasteiger partial charge >= 0.3 is 12.1 Å². The van der Waals surface area contributed by atoms with Gasteiger partial charge in [0, 0.05) is 17.5 Å². The van der Waals surface area contributed by atoms with E-state index in [0.717, 1.165) is 12.8 Å². The second-order valence-electron chi connectivity index (χ2n) is 7.65. The number of amides is 2. The number of rotatable bonds is 0. The summed E-state index contributed by atoms with van der Waals surface area (Å²) in [7, 11) is 0. The van der Waals surface area contributed by atoms with Crippen LogP contribution in [-0.4, -0.2) is 54.1 Å². The zero-order valence-electron chi connectivity index (χ0n) is 20.1. The van der Waals surface area contributed by atoms with Crippen LogP contribution in [0.25, 0.3) is 0 Å². The van der Waals surface area contributed by atoms with E-state index in [2.05, 4.69) is 10.3 Å². The summed E-state index contributed by atoms with van der Waals surface area (Å²) in [5, 5.41) is 2.35. The molecular formula is C20H33N3O5. The first kappa shape index (κ1) is 19.0. The van der Waals surface area contributed by atoms with Crippen molar-refractivity contribution in [2.75, 3.05) is 13.5 Å². The van der Waals surface area contributed by atoms with Crippen LogP contribution >= 0.6 is 0 Å². The number of carbonyl (C=O) groups excluding carboxylic acids is 3. The molecule has 0 aromatic carbocycles. The van der Waals surface area contributed by atoms with E-state index in [0.29, 0.717) is 24.2 Å². The number of esters is 1. The number of cyclic esters (lactones) is 1. The molecule has 0 saturated carbocycles. The number of likely N-dealkylation sites (N-methyl/N-ethyl adjacent to an activating group) is 1. The third-order valence-corrected chi connectivity index (χ3v) is 3.65. The fraction of sp³-hybridized carbons (Fsp3) is 0.700. The molecule has 0 aromatic rings. The summed E-state index contributed by atoms with van der Waals surface area (Å²) >= 11 is 0. The van der Waals surface area contributed by atoms with Crippen LogP contribution in [0.5, 0.6) is 0 Å². The summed E-state index contributed by atoms with van der Waals surface area (Å²) in [5.74, 6) is -1.91. The zero-order chi connectivity index (χ0) is 23.7. The van der Waals surface area contributed by atoms with Gasteiger partial charge in [0.15, 0.2) is 0 Å². The minimum absolute atomic E-state index is 0.109. The number of nitrogens with one attached hydrogen (secondary N) is 1. The predicted molar refractivity (Wildman–Crippen MR) is 107 cm³/mol. The van der Waals surface area contributed by atoms with Crippen LogP contribution in [0.4, 0.5) is 4.79 Å². The van der Waals surface area contributed by atoms with Gasteiger partial charge in [-0.2, -0.15) is 0 Å². The van der Waals surface area contributed by atoms with E-state index in [1.807, 2.05) is 12.2 Å². The highest BCUT2D eigenvalue weighted by Gasteiger charge is 2.21. The van der Waals surface area contributed by atoms with E-state index in [4.69, 9.17) is 13.6 Å². The molecule has 0 bridgehead atoms. The Labute approximate surface area is 171 Å². The second-order valence-corrected chi connectivity index (χ2v) is 7.65. The van der Waals surface area contributed by atoms with Crippen LogP contribution in [0, 0.1) is 0 Å². The number of guanidine groups is 1. The number of nitrogens with zero attached hydrogens (tertiary/aromatic N) is 2. The minimum atomic E-state index is -2.87. The normalized spacial score (nSPS) is 25.7. The van der Waals surface area contributed by atoms with Crippen LogP contribution in [0.2, 0.25) is 0 Å². The lowest BCUT2D eigenvalue weighted by molar-refractivity contribution is -0.148. The number of aliphatic imine (C=N–C) groups is 1. The van der Waals surface area contributed by atoms with Crippen molar-refractivity contribution in [1.82, 2.24) is 10.2 Å². The maximum Gasteiger partial charge on any atom is 0.437 e. The molecule has 0 saturated heterocycles. The highest BCUT2D eigenvalue weighted by Crippen LogP contribution is 2.09. The number of hydrogen-bond acceptors (Lipinski definition) is 5. The molecule has 0 fully saturated rings. The van der Waals surface area contributed by atoms with E-state index in [9.17, 15) is 14.4 Å². The predicted octanol–water partition coefficient (Wildman–Crippen LogP) is 3.17. The van der Waals surface area contributed by atoms with E-state index >= 15 is 0 Å². The number of hydrogen-bond donors (Lipinski definition) is 1.